The van der Waals surface area contributed by atoms with Crippen molar-refractivity contribution in [1.29, 1.82) is 5.41 Å². The molecule has 0 aliphatic heterocycles. The molecule has 0 radical (unpaired) electrons. The number of rotatable bonds is 1. The molecule has 0 bridgehead atoms. The largest absolute Gasteiger partial charge is 0.384 e. The lowest BCUT2D eigenvalue weighted by molar-refractivity contribution is 0.632. The number of nitrogens with zero attached hydrogens (tertiary/aromatic N) is 2. The van der Waals surface area contributed by atoms with Crippen LogP contribution in [0.25, 0.3) is 5.52 Å². The molecule has 0 unspecified atom stereocenters. The zero-order valence-corrected chi connectivity index (χ0v) is 7.94. The summed E-state index contributed by atoms with van der Waals surface area (Å²) >= 11 is 3.64. The minimum absolute atomic E-state index is 0.0520. The smallest absolute Gasteiger partial charge is 0.126 e. The molecule has 0 saturated heterocycles. The first-order valence-corrected chi connectivity index (χ1v) is 4.06. The summed E-state index contributed by atoms with van der Waals surface area (Å²) in [5, 5.41) is 11.3. The predicted molar refractivity (Wildman–Crippen MR) is 54.3 cm³/mol. The molecule has 0 atom stereocenters. The van der Waals surface area contributed by atoms with E-state index in [4.69, 9.17) is 15.8 Å². The Morgan fingerprint density at radius 2 is 2.21 bits per heavy atom. The lowest BCUT2D eigenvalue weighted by Crippen LogP contribution is -2.10. The molecule has 14 heavy (non-hydrogen) atoms. The topological polar surface area (TPSA) is 87.4 Å². The van der Waals surface area contributed by atoms with E-state index in [2.05, 4.69) is 17.0 Å². The Balaban J connectivity index is 0.000000461. The standard InChI is InChI=1S/C8H8N4.ClHO/c9-8(10)6-5-11-12-4-2-1-3-7(6)12;1-2/h1-5H,(H3,9,10);2H. The van der Waals surface area contributed by atoms with E-state index in [1.54, 1.807) is 10.7 Å². The minimum atomic E-state index is 0.0520. The molecule has 0 fully saturated rings. The molecule has 74 valence electrons. The average molecular weight is 213 g/mol. The summed E-state index contributed by atoms with van der Waals surface area (Å²) in [6, 6.07) is 5.65. The average Bonchev–Trinajstić information content (AvgIpc) is 2.64. The molecule has 0 amide bonds. The highest BCUT2D eigenvalue weighted by molar-refractivity contribution is 6.04. The fourth-order valence-electron chi connectivity index (χ4n) is 1.14. The van der Waals surface area contributed by atoms with Gasteiger partial charge in [-0.15, -0.1) is 0 Å². The van der Waals surface area contributed by atoms with Gasteiger partial charge in [0, 0.05) is 6.20 Å². The Labute approximate surface area is 85.4 Å². The molecular formula is C8H9ClN4O. The number of aromatic nitrogens is 2. The normalized spacial score (nSPS) is 9.29. The zero-order valence-electron chi connectivity index (χ0n) is 7.18. The van der Waals surface area contributed by atoms with Crippen molar-refractivity contribution in [3.8, 4) is 0 Å². The summed E-state index contributed by atoms with van der Waals surface area (Å²) < 4.78 is 8.16. The first-order valence-electron chi connectivity index (χ1n) is 3.73. The molecule has 0 aromatic carbocycles. The second-order valence-electron chi connectivity index (χ2n) is 2.50. The molecule has 0 aliphatic carbocycles. The van der Waals surface area contributed by atoms with E-state index in [1.165, 1.54) is 0 Å². The van der Waals surface area contributed by atoms with Gasteiger partial charge in [0.15, 0.2) is 0 Å². The maximum Gasteiger partial charge on any atom is 0.126 e. The summed E-state index contributed by atoms with van der Waals surface area (Å²) in [5.74, 6) is 0.0520. The quantitative estimate of drug-likeness (QED) is 0.482. The van der Waals surface area contributed by atoms with Crippen LogP contribution in [0.4, 0.5) is 0 Å². The number of hydrogen-bond donors (Lipinski definition) is 3. The van der Waals surface area contributed by atoms with Crippen molar-refractivity contribution in [2.75, 3.05) is 0 Å². The Bertz CT molecular complexity index is 440. The fraction of sp³-hybridized carbons (Fsp3) is 0. The third-order valence-corrected chi connectivity index (χ3v) is 1.72. The number of nitrogen functional groups attached to an aromatic ring is 1. The number of amidine groups is 1. The fourth-order valence-corrected chi connectivity index (χ4v) is 1.14. The lowest BCUT2D eigenvalue weighted by atomic mass is 10.2. The van der Waals surface area contributed by atoms with E-state index in [9.17, 15) is 0 Å². The van der Waals surface area contributed by atoms with Gasteiger partial charge < -0.3 is 5.73 Å². The van der Waals surface area contributed by atoms with Crippen molar-refractivity contribution in [3.63, 3.8) is 0 Å². The number of pyridine rings is 1. The molecule has 0 spiro atoms. The van der Waals surface area contributed by atoms with Gasteiger partial charge in [0.1, 0.15) is 5.84 Å². The van der Waals surface area contributed by atoms with Crippen LogP contribution in [0.3, 0.4) is 0 Å². The van der Waals surface area contributed by atoms with Crippen molar-refractivity contribution >= 4 is 23.2 Å². The van der Waals surface area contributed by atoms with Gasteiger partial charge in [-0.1, -0.05) is 6.07 Å². The van der Waals surface area contributed by atoms with Crippen molar-refractivity contribution in [1.82, 2.24) is 9.61 Å². The second-order valence-corrected chi connectivity index (χ2v) is 2.50. The van der Waals surface area contributed by atoms with Crippen LogP contribution in [0, 0.1) is 5.41 Å². The third kappa shape index (κ3) is 1.84. The highest BCUT2D eigenvalue weighted by Gasteiger charge is 2.03. The van der Waals surface area contributed by atoms with Crippen LogP contribution in [-0.2, 0) is 0 Å². The van der Waals surface area contributed by atoms with Crippen LogP contribution < -0.4 is 5.73 Å². The minimum Gasteiger partial charge on any atom is -0.384 e. The van der Waals surface area contributed by atoms with Crippen LogP contribution in [0.2, 0.25) is 0 Å². The van der Waals surface area contributed by atoms with Gasteiger partial charge >= 0.3 is 0 Å². The predicted octanol–water partition coefficient (Wildman–Crippen LogP) is 0.751. The maximum absolute atomic E-state index is 7.26. The molecule has 0 aliphatic rings. The van der Waals surface area contributed by atoms with Crippen LogP contribution in [0.15, 0.2) is 30.6 Å². The Kier molecular flexibility index (Phi) is 3.44. The number of hydrogen-bond acceptors (Lipinski definition) is 3. The molecular weight excluding hydrogens is 204 g/mol. The Morgan fingerprint density at radius 3 is 2.86 bits per heavy atom. The van der Waals surface area contributed by atoms with Crippen LogP contribution in [0.1, 0.15) is 5.56 Å². The number of halogens is 1. The number of nitrogens with one attached hydrogen (secondary N) is 1. The van der Waals surface area contributed by atoms with E-state index < -0.39 is 0 Å². The summed E-state index contributed by atoms with van der Waals surface area (Å²) in [4.78, 5) is 0. The van der Waals surface area contributed by atoms with Crippen LogP contribution in [-0.4, -0.2) is 20.1 Å². The van der Waals surface area contributed by atoms with Crippen molar-refractivity contribution in [2.24, 2.45) is 5.73 Å². The van der Waals surface area contributed by atoms with Gasteiger partial charge in [-0.2, -0.15) is 5.10 Å². The molecule has 2 aromatic rings. The molecule has 6 heteroatoms. The lowest BCUT2D eigenvalue weighted by Gasteiger charge is -1.93. The van der Waals surface area contributed by atoms with Crippen LogP contribution >= 0.6 is 11.9 Å². The van der Waals surface area contributed by atoms with Crippen molar-refractivity contribution in [2.45, 2.75) is 0 Å². The highest BCUT2D eigenvalue weighted by Crippen LogP contribution is 2.07. The van der Waals surface area contributed by atoms with E-state index >= 15 is 0 Å². The number of fused-ring (bicyclic) bond motifs is 1. The summed E-state index contributed by atoms with van der Waals surface area (Å²) in [5.41, 5.74) is 6.90. The zero-order chi connectivity index (χ0) is 10.6. The van der Waals surface area contributed by atoms with Gasteiger partial charge in [0.05, 0.1) is 29.1 Å². The molecule has 4 N–H and O–H groups in total. The van der Waals surface area contributed by atoms with E-state index in [0.29, 0.717) is 5.56 Å². The van der Waals surface area contributed by atoms with Gasteiger partial charge in [-0.3, -0.25) is 10.1 Å². The van der Waals surface area contributed by atoms with Gasteiger partial charge in [0.2, 0.25) is 0 Å². The molecule has 2 rings (SSSR count). The van der Waals surface area contributed by atoms with E-state index in [1.807, 2.05) is 24.4 Å². The summed E-state index contributed by atoms with van der Waals surface area (Å²) in [6.45, 7) is 0. The molecule has 2 heterocycles. The summed E-state index contributed by atoms with van der Waals surface area (Å²) in [6.07, 6.45) is 3.42. The Hall–Kier alpha value is -1.59. The molecule has 2 aromatic heterocycles. The monoisotopic (exact) mass is 212 g/mol. The second kappa shape index (κ2) is 4.59. The van der Waals surface area contributed by atoms with E-state index in [-0.39, 0.29) is 5.84 Å². The Morgan fingerprint density at radius 1 is 1.50 bits per heavy atom. The van der Waals surface area contributed by atoms with Gasteiger partial charge in [-0.05, 0) is 12.1 Å². The van der Waals surface area contributed by atoms with Crippen molar-refractivity contribution < 1.29 is 4.66 Å². The van der Waals surface area contributed by atoms with E-state index in [0.717, 1.165) is 5.52 Å². The van der Waals surface area contributed by atoms with Crippen LogP contribution in [0.5, 0.6) is 0 Å². The third-order valence-electron chi connectivity index (χ3n) is 1.72. The number of nitrogens with two attached hydrogens (primary N) is 1. The molecule has 5 nitrogen and oxygen atoms in total. The first kappa shape index (κ1) is 10.5. The van der Waals surface area contributed by atoms with Gasteiger partial charge in [0.25, 0.3) is 0 Å². The maximum atomic E-state index is 7.26. The molecule has 0 saturated carbocycles. The van der Waals surface area contributed by atoms with Crippen molar-refractivity contribution in [3.05, 3.63) is 36.2 Å². The highest BCUT2D eigenvalue weighted by atomic mass is 35.5. The SMILES string of the molecule is N=C(N)c1cnn2ccccc12.OCl. The summed E-state index contributed by atoms with van der Waals surface area (Å²) in [7, 11) is 0. The first-order chi connectivity index (χ1) is 6.79. The van der Waals surface area contributed by atoms with Gasteiger partial charge in [-0.25, -0.2) is 4.52 Å².